The first-order chi connectivity index (χ1) is 16.2. The van der Waals surface area contributed by atoms with Crippen LogP contribution in [0.1, 0.15) is 42.5 Å². The second kappa shape index (κ2) is 8.61. The number of benzene rings is 2. The Balaban J connectivity index is 1.65. The smallest absolute Gasteiger partial charge is 0.214 e. The van der Waals surface area contributed by atoms with Gasteiger partial charge in [0.05, 0.1) is 40.2 Å². The van der Waals surface area contributed by atoms with Gasteiger partial charge in [0.25, 0.3) is 0 Å². The van der Waals surface area contributed by atoms with Gasteiger partial charge in [-0.05, 0) is 37.3 Å². The van der Waals surface area contributed by atoms with Gasteiger partial charge < -0.3 is 28.1 Å². The van der Waals surface area contributed by atoms with E-state index in [4.69, 9.17) is 33.2 Å². The molecule has 0 spiro atoms. The van der Waals surface area contributed by atoms with E-state index >= 15 is 0 Å². The highest BCUT2D eigenvalue weighted by Gasteiger charge is 2.43. The van der Waals surface area contributed by atoms with Gasteiger partial charge in [0.2, 0.25) is 12.0 Å². The summed E-state index contributed by atoms with van der Waals surface area (Å²) < 4.78 is 34.8. The first-order valence-corrected chi connectivity index (χ1v) is 10.8. The Hall–Kier alpha value is -3.81. The van der Waals surface area contributed by atoms with Crippen LogP contribution in [-0.2, 0) is 0 Å². The first kappa shape index (κ1) is 21.1. The Morgan fingerprint density at radius 2 is 1.79 bits per heavy atom. The van der Waals surface area contributed by atoms with Crippen LogP contribution in [0.2, 0.25) is 0 Å². The van der Waals surface area contributed by atoms with Crippen molar-refractivity contribution in [2.45, 2.75) is 25.6 Å². The van der Waals surface area contributed by atoms with Gasteiger partial charge in [0.1, 0.15) is 11.5 Å². The Kier molecular flexibility index (Phi) is 5.50. The number of rotatable bonds is 7. The van der Waals surface area contributed by atoms with Crippen LogP contribution in [0.15, 0.2) is 58.2 Å². The van der Waals surface area contributed by atoms with Crippen molar-refractivity contribution in [1.29, 1.82) is 0 Å². The molecule has 3 heterocycles. The summed E-state index contributed by atoms with van der Waals surface area (Å²) >= 11 is 0. The van der Waals surface area contributed by atoms with E-state index in [1.165, 1.54) is 0 Å². The maximum atomic E-state index is 6.57. The fourth-order valence-electron chi connectivity index (χ4n) is 4.41. The van der Waals surface area contributed by atoms with E-state index in [-0.39, 0.29) is 6.04 Å². The fourth-order valence-corrected chi connectivity index (χ4v) is 4.41. The lowest BCUT2D eigenvalue weighted by Gasteiger charge is -2.39. The molecular formula is C25H26N2O6. The highest BCUT2D eigenvalue weighted by Crippen LogP contribution is 2.52. The Morgan fingerprint density at radius 3 is 2.42 bits per heavy atom. The van der Waals surface area contributed by atoms with Gasteiger partial charge in [-0.3, -0.25) is 0 Å². The molecule has 3 aromatic rings. The maximum absolute atomic E-state index is 6.57. The van der Waals surface area contributed by atoms with Gasteiger partial charge in [-0.25, -0.2) is 5.01 Å². The number of para-hydroxylation sites is 1. The minimum absolute atomic E-state index is 0.0432. The van der Waals surface area contributed by atoms with Crippen LogP contribution in [0.4, 0.5) is 0 Å². The van der Waals surface area contributed by atoms with Crippen LogP contribution in [0.5, 0.6) is 28.7 Å². The van der Waals surface area contributed by atoms with E-state index in [0.29, 0.717) is 36.0 Å². The molecule has 5 rings (SSSR count). The summed E-state index contributed by atoms with van der Waals surface area (Å²) in [6.45, 7) is 2.50. The number of hydrogen-bond acceptors (Lipinski definition) is 8. The minimum atomic E-state index is -0.537. The second-order valence-corrected chi connectivity index (χ2v) is 7.66. The van der Waals surface area contributed by atoms with E-state index < -0.39 is 6.23 Å². The summed E-state index contributed by atoms with van der Waals surface area (Å²) in [5.74, 6) is 3.78. The van der Waals surface area contributed by atoms with Crippen molar-refractivity contribution in [2.24, 2.45) is 5.10 Å². The monoisotopic (exact) mass is 450 g/mol. The maximum Gasteiger partial charge on any atom is 0.214 e. The summed E-state index contributed by atoms with van der Waals surface area (Å²) in [7, 11) is 4.77. The fraction of sp³-hybridized carbons (Fsp3) is 0.320. The average molecular weight is 450 g/mol. The largest absolute Gasteiger partial charge is 0.493 e. The van der Waals surface area contributed by atoms with Crippen molar-refractivity contribution in [3.63, 3.8) is 0 Å². The highest BCUT2D eigenvalue weighted by molar-refractivity contribution is 5.99. The number of nitrogens with zero attached hydrogens (tertiary/aromatic N) is 2. The zero-order valence-corrected chi connectivity index (χ0v) is 19.0. The van der Waals surface area contributed by atoms with Gasteiger partial charge in [-0.15, -0.1) is 0 Å². The molecule has 8 heteroatoms. The number of methoxy groups -OCH3 is 3. The Morgan fingerprint density at radius 1 is 1.00 bits per heavy atom. The lowest BCUT2D eigenvalue weighted by Crippen LogP contribution is -2.34. The second-order valence-electron chi connectivity index (χ2n) is 7.66. The molecule has 0 radical (unpaired) electrons. The average Bonchev–Trinajstić information content (AvgIpc) is 3.53. The molecule has 8 nitrogen and oxygen atoms in total. The minimum Gasteiger partial charge on any atom is -0.493 e. The molecule has 172 valence electrons. The van der Waals surface area contributed by atoms with Crippen LogP contribution in [0, 0.1) is 0 Å². The summed E-state index contributed by atoms with van der Waals surface area (Å²) in [5, 5.41) is 6.88. The van der Waals surface area contributed by atoms with E-state index in [1.807, 2.05) is 48.3 Å². The summed E-state index contributed by atoms with van der Waals surface area (Å²) in [6.07, 6.45) is 1.80. The van der Waals surface area contributed by atoms with Crippen LogP contribution >= 0.6 is 0 Å². The number of ether oxygens (including phenoxy) is 5. The zero-order valence-electron chi connectivity index (χ0n) is 19.0. The van der Waals surface area contributed by atoms with Crippen LogP contribution in [0.3, 0.4) is 0 Å². The van der Waals surface area contributed by atoms with Crippen molar-refractivity contribution >= 4 is 5.71 Å². The molecule has 2 atom stereocenters. The molecule has 0 amide bonds. The summed E-state index contributed by atoms with van der Waals surface area (Å²) in [6, 6.07) is 13.5. The van der Waals surface area contributed by atoms with Gasteiger partial charge >= 0.3 is 0 Å². The number of furan rings is 1. The van der Waals surface area contributed by atoms with Crippen LogP contribution in [0.25, 0.3) is 0 Å². The lowest BCUT2D eigenvalue weighted by molar-refractivity contribution is -0.0214. The zero-order chi connectivity index (χ0) is 22.9. The van der Waals surface area contributed by atoms with Crippen molar-refractivity contribution in [3.8, 4) is 28.7 Å². The Bertz CT molecular complexity index is 1150. The Labute approximate surface area is 192 Å². The normalized spacial score (nSPS) is 18.7. The highest BCUT2D eigenvalue weighted by atomic mass is 16.5. The summed E-state index contributed by atoms with van der Waals surface area (Å²) in [4.78, 5) is 0. The van der Waals surface area contributed by atoms with Gasteiger partial charge in [0, 0.05) is 17.5 Å². The molecule has 33 heavy (non-hydrogen) atoms. The molecule has 0 aliphatic carbocycles. The molecule has 0 bridgehead atoms. The van der Waals surface area contributed by atoms with E-state index in [0.717, 1.165) is 28.3 Å². The standard InChI is InChI=1S/C25H26N2O6/c1-5-31-20-9-6-8-16-18-14-17(19-10-7-11-32-19)26-27(18)25(33-23(16)20)15-12-21(28-2)24(30-4)22(13-15)29-3/h6-13,18,25H,5,14H2,1-4H3/t18-,25+/m0/s1. The molecule has 0 unspecified atom stereocenters. The molecular weight excluding hydrogens is 424 g/mol. The topological polar surface area (TPSA) is 74.9 Å². The van der Waals surface area contributed by atoms with Crippen molar-refractivity contribution in [2.75, 3.05) is 27.9 Å². The number of fused-ring (bicyclic) bond motifs is 3. The predicted octanol–water partition coefficient (Wildman–Crippen LogP) is 4.95. The third kappa shape index (κ3) is 3.51. The molecule has 0 saturated heterocycles. The van der Waals surface area contributed by atoms with Gasteiger partial charge in [-0.2, -0.15) is 5.10 Å². The lowest BCUT2D eigenvalue weighted by atomic mass is 9.97. The SMILES string of the molecule is CCOc1cccc2c1O[C@H](c1cc(OC)c(OC)c(OC)c1)N1N=C(c3ccco3)C[C@@H]21. The first-order valence-electron chi connectivity index (χ1n) is 10.8. The van der Waals surface area contributed by atoms with Gasteiger partial charge in [0.15, 0.2) is 23.0 Å². The van der Waals surface area contributed by atoms with Crippen molar-refractivity contribution in [1.82, 2.24) is 5.01 Å². The predicted molar refractivity (Wildman–Crippen MR) is 122 cm³/mol. The molecule has 0 saturated carbocycles. The number of hydrogen-bond donors (Lipinski definition) is 0. The van der Waals surface area contributed by atoms with Crippen LogP contribution < -0.4 is 23.7 Å². The van der Waals surface area contributed by atoms with Crippen LogP contribution in [-0.4, -0.2) is 38.7 Å². The number of hydrazone groups is 1. The molecule has 2 aliphatic rings. The quantitative estimate of drug-likeness (QED) is 0.504. The third-order valence-electron chi connectivity index (χ3n) is 5.86. The van der Waals surface area contributed by atoms with E-state index in [9.17, 15) is 0 Å². The molecule has 2 aromatic carbocycles. The van der Waals surface area contributed by atoms with E-state index in [1.54, 1.807) is 27.6 Å². The summed E-state index contributed by atoms with van der Waals surface area (Å²) in [5.41, 5.74) is 2.70. The van der Waals surface area contributed by atoms with Gasteiger partial charge in [-0.1, -0.05) is 12.1 Å². The molecule has 1 aromatic heterocycles. The molecule has 0 N–H and O–H groups in total. The van der Waals surface area contributed by atoms with Crippen molar-refractivity contribution in [3.05, 3.63) is 65.6 Å². The third-order valence-corrected chi connectivity index (χ3v) is 5.86. The van der Waals surface area contributed by atoms with Crippen molar-refractivity contribution < 1.29 is 28.1 Å². The van der Waals surface area contributed by atoms with E-state index in [2.05, 4.69) is 6.07 Å². The molecule has 2 aliphatic heterocycles. The molecule has 0 fully saturated rings.